The third-order valence-electron chi connectivity index (χ3n) is 1.72. The minimum absolute atomic E-state index is 0.205. The van der Waals surface area contributed by atoms with Gasteiger partial charge in [-0.2, -0.15) is 11.3 Å². The molecule has 1 aromatic heterocycles. The summed E-state index contributed by atoms with van der Waals surface area (Å²) in [5, 5.41) is 3.39. The topological polar surface area (TPSA) is 34.1 Å². The van der Waals surface area contributed by atoms with Crippen LogP contribution in [0, 0.1) is 0 Å². The number of ketones is 2. The summed E-state index contributed by atoms with van der Waals surface area (Å²) in [5.41, 5.74) is 1.03. The number of carbonyl (C=O) groups is 2. The summed E-state index contributed by atoms with van der Waals surface area (Å²) in [6.45, 7) is 0. The molecule has 0 saturated heterocycles. The van der Waals surface area contributed by atoms with Crippen molar-refractivity contribution in [2.24, 2.45) is 0 Å². The van der Waals surface area contributed by atoms with Crippen LogP contribution in [0.2, 0.25) is 0 Å². The largest absolute Gasteiger partial charge is 0.291 e. The molecule has 1 aliphatic rings. The fraction of sp³-hybridized carbons (Fsp3) is 0.143. The molecule has 5 heteroatoms. The molecule has 0 amide bonds. The third-order valence-corrected chi connectivity index (χ3v) is 3.91. The Morgan fingerprint density at radius 3 is 1.92 bits per heavy atom. The molecule has 0 spiro atoms. The molecule has 12 heavy (non-hydrogen) atoms. The second kappa shape index (κ2) is 2.49. The zero-order valence-corrected chi connectivity index (χ0v) is 9.62. The van der Waals surface area contributed by atoms with E-state index in [9.17, 15) is 9.59 Å². The smallest absolute Gasteiger partial charge is 0.205 e. The van der Waals surface area contributed by atoms with E-state index >= 15 is 0 Å². The molecule has 0 saturated carbocycles. The predicted molar refractivity (Wildman–Crippen MR) is 53.6 cm³/mol. The van der Waals surface area contributed by atoms with Crippen LogP contribution >= 0.6 is 43.2 Å². The van der Waals surface area contributed by atoms with Crippen LogP contribution in [0.4, 0.5) is 0 Å². The van der Waals surface area contributed by atoms with Crippen molar-refractivity contribution in [3.05, 3.63) is 21.9 Å². The lowest BCUT2D eigenvalue weighted by Gasteiger charge is -2.06. The number of thiophene rings is 1. The molecule has 0 atom stereocenters. The summed E-state index contributed by atoms with van der Waals surface area (Å²) in [4.78, 5) is 23.0. The van der Waals surface area contributed by atoms with Crippen LogP contribution in [0.1, 0.15) is 20.7 Å². The maximum atomic E-state index is 11.5. The van der Waals surface area contributed by atoms with E-state index in [1.54, 1.807) is 10.8 Å². The highest BCUT2D eigenvalue weighted by Gasteiger charge is 2.49. The number of carbonyl (C=O) groups excluding carboxylic acids is 2. The molecule has 1 heterocycles. The van der Waals surface area contributed by atoms with E-state index < -0.39 is 3.23 Å². The Labute approximate surface area is 89.2 Å². The van der Waals surface area contributed by atoms with Crippen molar-refractivity contribution >= 4 is 54.8 Å². The Bertz CT molecular complexity index is 348. The SMILES string of the molecule is O=C1c2cscc2C(=O)C1(Br)Br. The Morgan fingerprint density at radius 2 is 1.50 bits per heavy atom. The van der Waals surface area contributed by atoms with E-state index in [4.69, 9.17) is 0 Å². The quantitative estimate of drug-likeness (QED) is 0.545. The average Bonchev–Trinajstić information content (AvgIpc) is 2.53. The first-order valence-corrected chi connectivity index (χ1v) is 5.61. The van der Waals surface area contributed by atoms with E-state index in [0.29, 0.717) is 11.1 Å². The molecular weight excluding hydrogens is 308 g/mol. The van der Waals surface area contributed by atoms with Crippen LogP contribution in [0.25, 0.3) is 0 Å². The molecule has 2 nitrogen and oxygen atoms in total. The predicted octanol–water partition coefficient (Wildman–Crippen LogP) is 2.61. The Balaban J connectivity index is 2.69. The third kappa shape index (κ3) is 0.900. The lowest BCUT2D eigenvalue weighted by Crippen LogP contribution is -2.26. The van der Waals surface area contributed by atoms with Crippen molar-refractivity contribution in [2.45, 2.75) is 3.23 Å². The van der Waals surface area contributed by atoms with Gasteiger partial charge in [-0.3, -0.25) is 9.59 Å². The average molecular weight is 310 g/mol. The number of rotatable bonds is 0. The fourth-order valence-electron chi connectivity index (χ4n) is 1.09. The highest BCUT2D eigenvalue weighted by Crippen LogP contribution is 2.42. The molecule has 0 radical (unpaired) electrons. The Hall–Kier alpha value is -0.000000000000000222. The summed E-state index contributed by atoms with van der Waals surface area (Å²) in [6, 6.07) is 0. The number of hydrogen-bond acceptors (Lipinski definition) is 3. The number of Topliss-reactive ketones (excluding diaryl/α,β-unsaturated/α-hetero) is 2. The summed E-state index contributed by atoms with van der Waals surface area (Å²) in [7, 11) is 0. The molecular formula is C7H2Br2O2S. The summed E-state index contributed by atoms with van der Waals surface area (Å²) < 4.78 is -1.20. The van der Waals surface area contributed by atoms with Crippen LogP contribution in [-0.2, 0) is 0 Å². The summed E-state index contributed by atoms with van der Waals surface area (Å²) in [6.07, 6.45) is 0. The van der Waals surface area contributed by atoms with Crippen molar-refractivity contribution in [1.29, 1.82) is 0 Å². The lowest BCUT2D eigenvalue weighted by atomic mass is 10.2. The summed E-state index contributed by atoms with van der Waals surface area (Å²) >= 11 is 7.48. The zero-order chi connectivity index (χ0) is 8.93. The van der Waals surface area contributed by atoms with Crippen LogP contribution in [-0.4, -0.2) is 14.8 Å². The van der Waals surface area contributed by atoms with E-state index in [1.165, 1.54) is 11.3 Å². The number of fused-ring (bicyclic) bond motifs is 1. The van der Waals surface area contributed by atoms with Gasteiger partial charge in [0.05, 0.1) is 0 Å². The van der Waals surface area contributed by atoms with Gasteiger partial charge in [0.1, 0.15) is 0 Å². The molecule has 62 valence electrons. The van der Waals surface area contributed by atoms with Crippen LogP contribution in [0.5, 0.6) is 0 Å². The van der Waals surface area contributed by atoms with Crippen LogP contribution in [0.15, 0.2) is 10.8 Å². The van der Waals surface area contributed by atoms with Gasteiger partial charge in [-0.15, -0.1) is 0 Å². The normalized spacial score (nSPS) is 19.8. The van der Waals surface area contributed by atoms with Crippen molar-refractivity contribution in [1.82, 2.24) is 0 Å². The number of alkyl halides is 2. The molecule has 1 aliphatic carbocycles. The molecule has 0 fully saturated rings. The minimum Gasteiger partial charge on any atom is -0.291 e. The van der Waals surface area contributed by atoms with E-state index in [1.807, 2.05) is 0 Å². The maximum absolute atomic E-state index is 11.5. The monoisotopic (exact) mass is 308 g/mol. The highest BCUT2D eigenvalue weighted by atomic mass is 79.9. The van der Waals surface area contributed by atoms with E-state index in [-0.39, 0.29) is 11.6 Å². The minimum atomic E-state index is -1.20. The standard InChI is InChI=1S/C7H2Br2O2S/c8-7(9)5(10)3-1-12-2-4(3)6(7)11/h1-2H. The van der Waals surface area contributed by atoms with Gasteiger partial charge in [0.2, 0.25) is 3.23 Å². The van der Waals surface area contributed by atoms with E-state index in [2.05, 4.69) is 31.9 Å². The van der Waals surface area contributed by atoms with Gasteiger partial charge in [0, 0.05) is 21.9 Å². The zero-order valence-electron chi connectivity index (χ0n) is 5.64. The van der Waals surface area contributed by atoms with Gasteiger partial charge >= 0.3 is 0 Å². The van der Waals surface area contributed by atoms with Crippen molar-refractivity contribution in [3.8, 4) is 0 Å². The van der Waals surface area contributed by atoms with Gasteiger partial charge in [-0.05, 0) is 0 Å². The molecule has 0 aromatic carbocycles. The van der Waals surface area contributed by atoms with Crippen LogP contribution < -0.4 is 0 Å². The highest BCUT2D eigenvalue weighted by molar-refractivity contribution is 9.26. The van der Waals surface area contributed by atoms with Gasteiger partial charge in [0.15, 0.2) is 11.6 Å². The Kier molecular flexibility index (Phi) is 1.79. The van der Waals surface area contributed by atoms with Gasteiger partial charge in [0.25, 0.3) is 0 Å². The van der Waals surface area contributed by atoms with E-state index in [0.717, 1.165) is 0 Å². The van der Waals surface area contributed by atoms with Crippen molar-refractivity contribution in [3.63, 3.8) is 0 Å². The molecule has 0 N–H and O–H groups in total. The van der Waals surface area contributed by atoms with Crippen LogP contribution in [0.3, 0.4) is 0 Å². The van der Waals surface area contributed by atoms with Gasteiger partial charge < -0.3 is 0 Å². The second-order valence-corrected chi connectivity index (χ2v) is 6.62. The molecule has 0 bridgehead atoms. The Morgan fingerprint density at radius 1 is 1.08 bits per heavy atom. The molecule has 0 unspecified atom stereocenters. The molecule has 0 aliphatic heterocycles. The lowest BCUT2D eigenvalue weighted by molar-refractivity contribution is 0.0922. The summed E-state index contributed by atoms with van der Waals surface area (Å²) in [5.74, 6) is -0.410. The van der Waals surface area contributed by atoms with Crippen molar-refractivity contribution in [2.75, 3.05) is 0 Å². The fourth-order valence-corrected chi connectivity index (χ4v) is 2.75. The molecule has 2 rings (SSSR count). The first kappa shape index (κ1) is 8.59. The first-order chi connectivity index (χ1) is 5.55. The van der Waals surface area contributed by atoms with Crippen molar-refractivity contribution < 1.29 is 9.59 Å². The van der Waals surface area contributed by atoms with Gasteiger partial charge in [-0.1, -0.05) is 31.9 Å². The first-order valence-electron chi connectivity index (χ1n) is 3.08. The number of halogens is 2. The molecule has 1 aromatic rings. The number of hydrogen-bond donors (Lipinski definition) is 0. The maximum Gasteiger partial charge on any atom is 0.205 e. The second-order valence-electron chi connectivity index (χ2n) is 2.43. The van der Waals surface area contributed by atoms with Gasteiger partial charge in [-0.25, -0.2) is 0 Å².